The molecule has 0 aliphatic heterocycles. The first-order valence-electron chi connectivity index (χ1n) is 7.39. The van der Waals surface area contributed by atoms with Crippen molar-refractivity contribution in [2.45, 2.75) is 40.2 Å². The normalized spacial score (nSPS) is 10.3. The Bertz CT molecular complexity index is 477. The van der Waals surface area contributed by atoms with E-state index in [1.807, 2.05) is 4.90 Å². The summed E-state index contributed by atoms with van der Waals surface area (Å²) in [4.78, 5) is 17.5. The van der Waals surface area contributed by atoms with Gasteiger partial charge >= 0.3 is 0 Å². The fourth-order valence-corrected chi connectivity index (χ4v) is 2.00. The van der Waals surface area contributed by atoms with Gasteiger partial charge in [-0.2, -0.15) is 20.2 Å². The highest BCUT2D eigenvalue weighted by atomic mass is 15.4. The molecule has 0 bridgehead atoms. The second-order valence-electron chi connectivity index (χ2n) is 4.88. The number of rotatable bonds is 8. The summed E-state index contributed by atoms with van der Waals surface area (Å²) in [6.07, 6.45) is 0.444. The number of nitrogens with one attached hydrogen (secondary N) is 1. The molecule has 0 aliphatic carbocycles. The molecular weight excluding hydrogens is 266 g/mol. The van der Waals surface area contributed by atoms with Crippen LogP contribution in [0, 0.1) is 11.3 Å². The van der Waals surface area contributed by atoms with Crippen LogP contribution in [0.25, 0.3) is 0 Å². The third kappa shape index (κ3) is 4.45. The van der Waals surface area contributed by atoms with E-state index in [1.165, 1.54) is 0 Å². The molecule has 116 valence electrons. The predicted octanol–water partition coefficient (Wildman–Crippen LogP) is 1.89. The quantitative estimate of drug-likeness (QED) is 0.783. The van der Waals surface area contributed by atoms with Crippen molar-refractivity contribution in [3.05, 3.63) is 0 Å². The van der Waals surface area contributed by atoms with Crippen molar-refractivity contribution in [3.63, 3.8) is 0 Å². The molecule has 0 spiro atoms. The van der Waals surface area contributed by atoms with Gasteiger partial charge in [0.1, 0.15) is 0 Å². The Morgan fingerprint density at radius 3 is 2.24 bits per heavy atom. The van der Waals surface area contributed by atoms with Gasteiger partial charge in [-0.1, -0.05) is 0 Å². The van der Waals surface area contributed by atoms with E-state index in [4.69, 9.17) is 5.26 Å². The van der Waals surface area contributed by atoms with E-state index in [-0.39, 0.29) is 6.04 Å². The first kappa shape index (κ1) is 17.0. The van der Waals surface area contributed by atoms with Crippen LogP contribution in [0.15, 0.2) is 0 Å². The summed E-state index contributed by atoms with van der Waals surface area (Å²) in [5.74, 6) is 1.82. The molecule has 0 aliphatic rings. The largest absolute Gasteiger partial charge is 0.357 e. The van der Waals surface area contributed by atoms with Crippen molar-refractivity contribution in [2.24, 2.45) is 0 Å². The van der Waals surface area contributed by atoms with Crippen LogP contribution in [0.2, 0.25) is 0 Å². The molecular formula is C14H25N7. The number of hydrogen-bond acceptors (Lipinski definition) is 7. The highest BCUT2D eigenvalue weighted by molar-refractivity contribution is 5.45. The highest BCUT2D eigenvalue weighted by Gasteiger charge is 2.17. The van der Waals surface area contributed by atoms with E-state index in [0.29, 0.717) is 30.8 Å². The van der Waals surface area contributed by atoms with Crippen LogP contribution in [0.1, 0.15) is 34.1 Å². The Kier molecular flexibility index (Phi) is 6.66. The molecule has 0 fully saturated rings. The van der Waals surface area contributed by atoms with E-state index in [2.05, 4.69) is 58.9 Å². The molecule has 1 rings (SSSR count). The minimum atomic E-state index is 0.218. The van der Waals surface area contributed by atoms with Crippen LogP contribution >= 0.6 is 0 Å². The standard InChI is InChI=1S/C14H25N7/c1-6-20(7-2)13-17-12(16-5)18-14(19-13)21(11(3)4)10-8-9-15/h11H,6-8,10H2,1-5H3,(H,16,17,18,19). The number of anilines is 3. The Labute approximate surface area is 127 Å². The van der Waals surface area contributed by atoms with Crippen LogP contribution in [0.3, 0.4) is 0 Å². The molecule has 7 heteroatoms. The number of nitriles is 1. The number of aromatic nitrogens is 3. The molecule has 0 aromatic carbocycles. The van der Waals surface area contributed by atoms with Gasteiger partial charge in [-0.3, -0.25) is 0 Å². The van der Waals surface area contributed by atoms with Gasteiger partial charge < -0.3 is 15.1 Å². The lowest BCUT2D eigenvalue weighted by Gasteiger charge is -2.27. The average Bonchev–Trinajstić information content (AvgIpc) is 2.48. The maximum atomic E-state index is 8.81. The van der Waals surface area contributed by atoms with Gasteiger partial charge in [0.25, 0.3) is 0 Å². The molecule has 21 heavy (non-hydrogen) atoms. The average molecular weight is 291 g/mol. The zero-order valence-corrected chi connectivity index (χ0v) is 13.6. The summed E-state index contributed by atoms with van der Waals surface area (Å²) in [6, 6.07) is 2.39. The lowest BCUT2D eigenvalue weighted by molar-refractivity contribution is 0.660. The van der Waals surface area contributed by atoms with Crippen molar-refractivity contribution >= 4 is 17.8 Å². The van der Waals surface area contributed by atoms with Gasteiger partial charge in [-0.15, -0.1) is 0 Å². The number of hydrogen-bond donors (Lipinski definition) is 1. The molecule has 0 amide bonds. The zero-order chi connectivity index (χ0) is 15.8. The van der Waals surface area contributed by atoms with E-state index in [0.717, 1.165) is 13.1 Å². The molecule has 1 heterocycles. The lowest BCUT2D eigenvalue weighted by atomic mass is 10.3. The minimum absolute atomic E-state index is 0.218. The maximum absolute atomic E-state index is 8.81. The maximum Gasteiger partial charge on any atom is 0.232 e. The Morgan fingerprint density at radius 2 is 1.76 bits per heavy atom. The fraction of sp³-hybridized carbons (Fsp3) is 0.714. The van der Waals surface area contributed by atoms with Crippen LogP contribution in [0.5, 0.6) is 0 Å². The predicted molar refractivity (Wildman–Crippen MR) is 85.6 cm³/mol. The van der Waals surface area contributed by atoms with E-state index >= 15 is 0 Å². The fourth-order valence-electron chi connectivity index (χ4n) is 2.00. The van der Waals surface area contributed by atoms with Crippen LogP contribution in [-0.2, 0) is 0 Å². The summed E-state index contributed by atoms with van der Waals surface area (Å²) in [6.45, 7) is 10.6. The first-order valence-corrected chi connectivity index (χ1v) is 7.39. The Hall–Kier alpha value is -2.10. The molecule has 7 nitrogen and oxygen atoms in total. The summed E-state index contributed by atoms with van der Waals surface area (Å²) in [5, 5.41) is 11.8. The minimum Gasteiger partial charge on any atom is -0.357 e. The van der Waals surface area contributed by atoms with Gasteiger partial charge in [0.2, 0.25) is 17.8 Å². The molecule has 1 aromatic heterocycles. The molecule has 1 N–H and O–H groups in total. The molecule has 0 atom stereocenters. The zero-order valence-electron chi connectivity index (χ0n) is 13.6. The smallest absolute Gasteiger partial charge is 0.232 e. The lowest BCUT2D eigenvalue weighted by Crippen LogP contribution is -2.34. The molecule has 0 saturated heterocycles. The summed E-state index contributed by atoms with van der Waals surface area (Å²) in [5.41, 5.74) is 0. The van der Waals surface area contributed by atoms with Crippen molar-refractivity contribution in [1.82, 2.24) is 15.0 Å². The number of nitrogens with zero attached hydrogens (tertiary/aromatic N) is 6. The van der Waals surface area contributed by atoms with Gasteiger partial charge in [0.05, 0.1) is 12.5 Å². The SMILES string of the molecule is CCN(CC)c1nc(NC)nc(N(CCC#N)C(C)C)n1. The van der Waals surface area contributed by atoms with Crippen LogP contribution in [-0.4, -0.2) is 47.7 Å². The Morgan fingerprint density at radius 1 is 1.14 bits per heavy atom. The van der Waals surface area contributed by atoms with E-state index < -0.39 is 0 Å². The summed E-state index contributed by atoms with van der Waals surface area (Å²) in [7, 11) is 1.79. The van der Waals surface area contributed by atoms with E-state index in [9.17, 15) is 0 Å². The molecule has 0 radical (unpaired) electrons. The van der Waals surface area contributed by atoms with Gasteiger partial charge in [-0.05, 0) is 27.7 Å². The molecule has 0 unspecified atom stereocenters. The van der Waals surface area contributed by atoms with E-state index in [1.54, 1.807) is 7.05 Å². The van der Waals surface area contributed by atoms with Crippen molar-refractivity contribution in [2.75, 3.05) is 41.8 Å². The summed E-state index contributed by atoms with van der Waals surface area (Å²) >= 11 is 0. The van der Waals surface area contributed by atoms with Gasteiger partial charge in [0, 0.05) is 32.7 Å². The summed E-state index contributed by atoms with van der Waals surface area (Å²) < 4.78 is 0. The Balaban J connectivity index is 3.20. The van der Waals surface area contributed by atoms with Gasteiger partial charge in [0.15, 0.2) is 0 Å². The monoisotopic (exact) mass is 291 g/mol. The third-order valence-electron chi connectivity index (χ3n) is 3.23. The second kappa shape index (κ2) is 8.25. The van der Waals surface area contributed by atoms with Crippen molar-refractivity contribution in [1.29, 1.82) is 5.26 Å². The highest BCUT2D eigenvalue weighted by Crippen LogP contribution is 2.18. The van der Waals surface area contributed by atoms with Crippen LogP contribution in [0.4, 0.5) is 17.8 Å². The first-order chi connectivity index (χ1) is 10.1. The van der Waals surface area contributed by atoms with Crippen LogP contribution < -0.4 is 15.1 Å². The van der Waals surface area contributed by atoms with Crippen molar-refractivity contribution < 1.29 is 0 Å². The topological polar surface area (TPSA) is 81.0 Å². The molecule has 1 aromatic rings. The third-order valence-corrected chi connectivity index (χ3v) is 3.23. The molecule has 0 saturated carbocycles. The van der Waals surface area contributed by atoms with Gasteiger partial charge in [-0.25, -0.2) is 0 Å². The second-order valence-corrected chi connectivity index (χ2v) is 4.88. The van der Waals surface area contributed by atoms with Crippen molar-refractivity contribution in [3.8, 4) is 6.07 Å².